The summed E-state index contributed by atoms with van der Waals surface area (Å²) in [4.78, 5) is 0. The molecule has 0 heterocycles. The van der Waals surface area contributed by atoms with Crippen molar-refractivity contribution < 1.29 is 10.2 Å². The lowest BCUT2D eigenvalue weighted by atomic mass is 9.67. The third kappa shape index (κ3) is 2.39. The van der Waals surface area contributed by atoms with E-state index in [1.54, 1.807) is 0 Å². The zero-order valence-electron chi connectivity index (χ0n) is 11.7. The van der Waals surface area contributed by atoms with Crippen LogP contribution in [-0.4, -0.2) is 22.4 Å². The highest BCUT2D eigenvalue weighted by Gasteiger charge is 2.48. The Morgan fingerprint density at radius 3 is 2.18 bits per heavy atom. The van der Waals surface area contributed by atoms with E-state index in [4.69, 9.17) is 0 Å². The van der Waals surface area contributed by atoms with Crippen molar-refractivity contribution in [2.75, 3.05) is 0 Å². The molecule has 17 heavy (non-hydrogen) atoms. The number of rotatable bonds is 0. The maximum atomic E-state index is 10.2. The molecular weight excluding hydrogens is 212 g/mol. The average molecular weight is 240 g/mol. The van der Waals surface area contributed by atoms with E-state index in [2.05, 4.69) is 27.7 Å². The monoisotopic (exact) mass is 240 g/mol. The standard InChI is InChI=1S/C15H28O2/c1-14(2)8-7-11-10(5-6-13(14)17)12(16)9-15(11,3)4/h10-13,16-17H,5-9H2,1-4H3/t10?,11-,12+,13-/m1/s1. The van der Waals surface area contributed by atoms with Crippen molar-refractivity contribution in [3.8, 4) is 0 Å². The normalized spacial score (nSPS) is 44.8. The van der Waals surface area contributed by atoms with E-state index >= 15 is 0 Å². The summed E-state index contributed by atoms with van der Waals surface area (Å²) in [7, 11) is 0. The molecule has 2 saturated carbocycles. The largest absolute Gasteiger partial charge is 0.393 e. The van der Waals surface area contributed by atoms with E-state index in [9.17, 15) is 10.2 Å². The first-order valence-electron chi connectivity index (χ1n) is 7.10. The number of hydrogen-bond donors (Lipinski definition) is 2. The fourth-order valence-corrected chi connectivity index (χ4v) is 4.12. The first kappa shape index (κ1) is 13.4. The molecule has 0 aromatic heterocycles. The summed E-state index contributed by atoms with van der Waals surface area (Å²) >= 11 is 0. The van der Waals surface area contributed by atoms with Gasteiger partial charge in [0.05, 0.1) is 12.2 Å². The second-order valence-corrected chi connectivity index (χ2v) is 7.65. The van der Waals surface area contributed by atoms with Crippen LogP contribution < -0.4 is 0 Å². The van der Waals surface area contributed by atoms with Crippen LogP contribution in [0.5, 0.6) is 0 Å². The van der Waals surface area contributed by atoms with Crippen molar-refractivity contribution in [2.24, 2.45) is 22.7 Å². The Labute approximate surface area is 105 Å². The molecule has 4 atom stereocenters. The molecule has 2 N–H and O–H groups in total. The predicted octanol–water partition coefficient (Wildman–Crippen LogP) is 2.97. The Balaban J connectivity index is 2.17. The van der Waals surface area contributed by atoms with Crippen molar-refractivity contribution in [1.29, 1.82) is 0 Å². The molecule has 2 aliphatic carbocycles. The summed E-state index contributed by atoms with van der Waals surface area (Å²) in [5.41, 5.74) is 0.303. The Bertz CT molecular complexity index is 283. The maximum Gasteiger partial charge on any atom is 0.0591 e. The van der Waals surface area contributed by atoms with Gasteiger partial charge in [0.2, 0.25) is 0 Å². The van der Waals surface area contributed by atoms with Crippen LogP contribution in [0.25, 0.3) is 0 Å². The fourth-order valence-electron chi connectivity index (χ4n) is 4.12. The highest BCUT2D eigenvalue weighted by atomic mass is 16.3. The van der Waals surface area contributed by atoms with Gasteiger partial charge in [-0.25, -0.2) is 0 Å². The van der Waals surface area contributed by atoms with Crippen LogP contribution in [0.15, 0.2) is 0 Å². The second-order valence-electron chi connectivity index (χ2n) is 7.65. The Hall–Kier alpha value is -0.0800. The average Bonchev–Trinajstić information content (AvgIpc) is 2.39. The Kier molecular flexibility index (Phi) is 3.33. The van der Waals surface area contributed by atoms with Gasteiger partial charge in [-0.15, -0.1) is 0 Å². The summed E-state index contributed by atoms with van der Waals surface area (Å²) in [6.45, 7) is 8.95. The lowest BCUT2D eigenvalue weighted by Gasteiger charge is -2.39. The van der Waals surface area contributed by atoms with Crippen LogP contribution in [-0.2, 0) is 0 Å². The van der Waals surface area contributed by atoms with Crippen LogP contribution in [0, 0.1) is 22.7 Å². The van der Waals surface area contributed by atoms with Crippen LogP contribution in [0.4, 0.5) is 0 Å². The van der Waals surface area contributed by atoms with Gasteiger partial charge in [-0.3, -0.25) is 0 Å². The van der Waals surface area contributed by atoms with Gasteiger partial charge in [0.15, 0.2) is 0 Å². The zero-order chi connectivity index (χ0) is 12.8. The van der Waals surface area contributed by atoms with Gasteiger partial charge in [-0.1, -0.05) is 27.7 Å². The second kappa shape index (κ2) is 4.24. The van der Waals surface area contributed by atoms with Gasteiger partial charge in [-0.05, 0) is 54.8 Å². The predicted molar refractivity (Wildman–Crippen MR) is 69.6 cm³/mol. The van der Waals surface area contributed by atoms with E-state index in [1.807, 2.05) is 0 Å². The molecular formula is C15H28O2. The third-order valence-electron chi connectivity index (χ3n) is 5.53. The maximum absolute atomic E-state index is 10.2. The van der Waals surface area contributed by atoms with Crippen LogP contribution in [0.3, 0.4) is 0 Å². The lowest BCUT2D eigenvalue weighted by molar-refractivity contribution is -0.00354. The minimum absolute atomic E-state index is 0.0363. The number of aliphatic hydroxyl groups is 2. The summed E-state index contributed by atoms with van der Waals surface area (Å²) in [6, 6.07) is 0. The molecule has 1 unspecified atom stereocenters. The quantitative estimate of drug-likeness (QED) is 0.683. The van der Waals surface area contributed by atoms with Gasteiger partial charge in [-0.2, -0.15) is 0 Å². The molecule has 100 valence electrons. The SMILES string of the molecule is CC1(C)CC[C@@H]2C(CC[C@H]1O)[C@@H](O)CC2(C)C. The summed E-state index contributed by atoms with van der Waals surface area (Å²) in [6.07, 6.45) is 4.63. The molecule has 0 amide bonds. The van der Waals surface area contributed by atoms with Crippen molar-refractivity contribution in [3.63, 3.8) is 0 Å². The molecule has 0 saturated heterocycles. The molecule has 0 aromatic rings. The van der Waals surface area contributed by atoms with Gasteiger partial charge < -0.3 is 10.2 Å². The highest BCUT2D eigenvalue weighted by molar-refractivity contribution is 4.98. The fraction of sp³-hybridized carbons (Fsp3) is 1.00. The van der Waals surface area contributed by atoms with Gasteiger partial charge in [0.25, 0.3) is 0 Å². The Morgan fingerprint density at radius 1 is 0.882 bits per heavy atom. The first-order chi connectivity index (χ1) is 7.74. The van der Waals surface area contributed by atoms with Crippen LogP contribution in [0.2, 0.25) is 0 Å². The number of fused-ring (bicyclic) bond motifs is 1. The van der Waals surface area contributed by atoms with E-state index < -0.39 is 0 Å². The molecule has 0 aromatic carbocycles. The number of hydrogen-bond acceptors (Lipinski definition) is 2. The lowest BCUT2D eigenvalue weighted by Crippen LogP contribution is -2.36. The molecule has 2 nitrogen and oxygen atoms in total. The van der Waals surface area contributed by atoms with Crippen molar-refractivity contribution in [2.45, 2.75) is 72.0 Å². The molecule has 0 radical (unpaired) electrons. The molecule has 0 bridgehead atoms. The summed E-state index contributed by atoms with van der Waals surface area (Å²) in [5.74, 6) is 1.04. The van der Waals surface area contributed by atoms with E-state index in [0.717, 1.165) is 32.1 Å². The van der Waals surface area contributed by atoms with E-state index in [1.165, 1.54) is 0 Å². The summed E-state index contributed by atoms with van der Waals surface area (Å²) in [5, 5.41) is 20.4. The molecule has 2 heteroatoms. The van der Waals surface area contributed by atoms with Crippen molar-refractivity contribution in [1.82, 2.24) is 0 Å². The first-order valence-corrected chi connectivity index (χ1v) is 7.10. The van der Waals surface area contributed by atoms with Crippen molar-refractivity contribution in [3.05, 3.63) is 0 Å². The Morgan fingerprint density at radius 2 is 1.53 bits per heavy atom. The molecule has 2 fully saturated rings. The van der Waals surface area contributed by atoms with Gasteiger partial charge in [0, 0.05) is 0 Å². The molecule has 2 aliphatic rings. The van der Waals surface area contributed by atoms with Crippen LogP contribution >= 0.6 is 0 Å². The zero-order valence-corrected chi connectivity index (χ0v) is 11.7. The molecule has 0 aliphatic heterocycles. The topological polar surface area (TPSA) is 40.5 Å². The highest BCUT2D eigenvalue weighted by Crippen LogP contribution is 2.53. The van der Waals surface area contributed by atoms with Crippen LogP contribution in [0.1, 0.15) is 59.8 Å². The minimum Gasteiger partial charge on any atom is -0.393 e. The summed E-state index contributed by atoms with van der Waals surface area (Å²) < 4.78 is 0. The van der Waals surface area contributed by atoms with E-state index in [0.29, 0.717) is 11.8 Å². The smallest absolute Gasteiger partial charge is 0.0591 e. The van der Waals surface area contributed by atoms with Gasteiger partial charge >= 0.3 is 0 Å². The minimum atomic E-state index is -0.209. The van der Waals surface area contributed by atoms with E-state index in [-0.39, 0.29) is 23.0 Å². The molecule has 2 rings (SSSR count). The molecule has 0 spiro atoms. The number of aliphatic hydroxyl groups excluding tert-OH is 2. The third-order valence-corrected chi connectivity index (χ3v) is 5.53. The van der Waals surface area contributed by atoms with Crippen molar-refractivity contribution >= 4 is 0 Å². The van der Waals surface area contributed by atoms with Gasteiger partial charge in [0.1, 0.15) is 0 Å².